The summed E-state index contributed by atoms with van der Waals surface area (Å²) in [6, 6.07) is 5.85. The summed E-state index contributed by atoms with van der Waals surface area (Å²) in [5, 5.41) is 21.3. The molecule has 0 aliphatic rings. The Morgan fingerprint density at radius 1 is 1.59 bits per heavy atom. The molecule has 0 aliphatic heterocycles. The molecular formula is C13H19N3O. The third-order valence-corrected chi connectivity index (χ3v) is 2.76. The molecule has 0 aliphatic carbocycles. The summed E-state index contributed by atoms with van der Waals surface area (Å²) >= 11 is 0. The zero-order valence-electron chi connectivity index (χ0n) is 10.3. The lowest BCUT2D eigenvalue weighted by atomic mass is 10.0. The maximum absolute atomic E-state index is 9.05. The van der Waals surface area contributed by atoms with Gasteiger partial charge in [0.2, 0.25) is 0 Å². The van der Waals surface area contributed by atoms with Crippen molar-refractivity contribution in [2.45, 2.75) is 32.7 Å². The zero-order chi connectivity index (χ0) is 12.7. The molecule has 1 rings (SSSR count). The fourth-order valence-electron chi connectivity index (χ4n) is 1.69. The summed E-state index contributed by atoms with van der Waals surface area (Å²) in [6.45, 7) is 4.27. The third-order valence-electron chi connectivity index (χ3n) is 2.76. The number of aromatic nitrogens is 1. The molecule has 0 spiro atoms. The molecule has 17 heavy (non-hydrogen) atoms. The third kappa shape index (κ3) is 4.04. The van der Waals surface area contributed by atoms with Gasteiger partial charge in [-0.3, -0.25) is 0 Å². The highest BCUT2D eigenvalue weighted by Crippen LogP contribution is 2.16. The van der Waals surface area contributed by atoms with Crippen LogP contribution in [0.15, 0.2) is 18.3 Å². The highest BCUT2D eigenvalue weighted by molar-refractivity contribution is 5.51. The number of rotatable bonds is 6. The number of nitrogens with zero attached hydrogens (tertiary/aromatic N) is 2. The second-order valence-electron chi connectivity index (χ2n) is 4.28. The minimum absolute atomic E-state index is 0.186. The van der Waals surface area contributed by atoms with E-state index in [9.17, 15) is 0 Å². The maximum Gasteiger partial charge on any atom is 0.144 e. The Hall–Kier alpha value is -1.60. The number of nitriles is 1. The summed E-state index contributed by atoms with van der Waals surface area (Å²) in [6.07, 6.45) is 3.48. The van der Waals surface area contributed by atoms with Gasteiger partial charge in [0.05, 0.1) is 5.56 Å². The van der Waals surface area contributed by atoms with Crippen LogP contribution in [0, 0.1) is 17.2 Å². The topological polar surface area (TPSA) is 68.9 Å². The lowest BCUT2D eigenvalue weighted by molar-refractivity contribution is 0.224. The molecule has 0 saturated carbocycles. The van der Waals surface area contributed by atoms with Crippen LogP contribution >= 0.6 is 0 Å². The van der Waals surface area contributed by atoms with Gasteiger partial charge in [0.1, 0.15) is 11.9 Å². The van der Waals surface area contributed by atoms with Gasteiger partial charge in [0.25, 0.3) is 0 Å². The van der Waals surface area contributed by atoms with E-state index < -0.39 is 0 Å². The fourth-order valence-corrected chi connectivity index (χ4v) is 1.69. The van der Waals surface area contributed by atoms with Gasteiger partial charge in [-0.15, -0.1) is 0 Å². The first kappa shape index (κ1) is 13.5. The van der Waals surface area contributed by atoms with Crippen molar-refractivity contribution in [1.82, 2.24) is 4.98 Å². The number of aliphatic hydroxyl groups excluding tert-OH is 1. The minimum atomic E-state index is 0.186. The molecular weight excluding hydrogens is 214 g/mol. The Morgan fingerprint density at radius 2 is 2.35 bits per heavy atom. The van der Waals surface area contributed by atoms with Gasteiger partial charge in [-0.2, -0.15) is 5.26 Å². The Balaban J connectivity index is 2.71. The number of pyridine rings is 1. The van der Waals surface area contributed by atoms with Gasteiger partial charge in [-0.05, 0) is 30.9 Å². The fraction of sp³-hybridized carbons (Fsp3) is 0.538. The number of anilines is 1. The van der Waals surface area contributed by atoms with E-state index in [1.165, 1.54) is 0 Å². The maximum atomic E-state index is 9.05. The second-order valence-corrected chi connectivity index (χ2v) is 4.28. The van der Waals surface area contributed by atoms with E-state index in [0.717, 1.165) is 12.8 Å². The van der Waals surface area contributed by atoms with Crippen molar-refractivity contribution in [3.05, 3.63) is 23.9 Å². The van der Waals surface area contributed by atoms with E-state index in [0.29, 0.717) is 11.4 Å². The Kier molecular flexibility index (Phi) is 5.44. The van der Waals surface area contributed by atoms with Gasteiger partial charge < -0.3 is 10.4 Å². The summed E-state index contributed by atoms with van der Waals surface area (Å²) in [4.78, 5) is 4.17. The molecule has 2 atom stereocenters. The predicted octanol–water partition coefficient (Wildman–Crippen LogP) is 2.16. The lowest BCUT2D eigenvalue weighted by Crippen LogP contribution is -2.23. The molecule has 0 saturated heterocycles. The van der Waals surface area contributed by atoms with Crippen molar-refractivity contribution >= 4 is 5.82 Å². The highest BCUT2D eigenvalue weighted by Gasteiger charge is 2.13. The van der Waals surface area contributed by atoms with Crippen molar-refractivity contribution in [1.29, 1.82) is 5.26 Å². The Morgan fingerprint density at radius 3 is 2.94 bits per heavy atom. The SMILES string of the molecule is CCC(CC(C)CO)Nc1ncccc1C#N. The average Bonchev–Trinajstić information content (AvgIpc) is 2.38. The molecule has 2 unspecified atom stereocenters. The summed E-state index contributed by atoms with van der Waals surface area (Å²) in [7, 11) is 0. The first-order valence-electron chi connectivity index (χ1n) is 5.93. The van der Waals surface area contributed by atoms with Crippen LogP contribution in [0.2, 0.25) is 0 Å². The van der Waals surface area contributed by atoms with Crippen molar-refractivity contribution < 1.29 is 5.11 Å². The van der Waals surface area contributed by atoms with Gasteiger partial charge in [0, 0.05) is 18.8 Å². The van der Waals surface area contributed by atoms with Gasteiger partial charge in [0.15, 0.2) is 0 Å². The molecule has 92 valence electrons. The molecule has 0 amide bonds. The minimum Gasteiger partial charge on any atom is -0.396 e. The lowest BCUT2D eigenvalue weighted by Gasteiger charge is -2.20. The molecule has 0 aromatic carbocycles. The first-order valence-corrected chi connectivity index (χ1v) is 5.93. The van der Waals surface area contributed by atoms with Crippen LogP contribution in [0.3, 0.4) is 0 Å². The summed E-state index contributed by atoms with van der Waals surface area (Å²) in [5.74, 6) is 0.883. The second kappa shape index (κ2) is 6.87. The number of aliphatic hydroxyl groups is 1. The van der Waals surface area contributed by atoms with Crippen molar-refractivity contribution in [3.63, 3.8) is 0 Å². The van der Waals surface area contributed by atoms with Gasteiger partial charge in [-0.1, -0.05) is 13.8 Å². The van der Waals surface area contributed by atoms with E-state index in [2.05, 4.69) is 23.3 Å². The molecule has 1 heterocycles. The molecule has 2 N–H and O–H groups in total. The largest absolute Gasteiger partial charge is 0.396 e. The van der Waals surface area contributed by atoms with Crippen molar-refractivity contribution in [3.8, 4) is 6.07 Å². The van der Waals surface area contributed by atoms with Crippen molar-refractivity contribution in [2.24, 2.45) is 5.92 Å². The van der Waals surface area contributed by atoms with E-state index >= 15 is 0 Å². The molecule has 1 aromatic heterocycles. The highest BCUT2D eigenvalue weighted by atomic mass is 16.3. The quantitative estimate of drug-likeness (QED) is 0.790. The standard InChI is InChI=1S/C13H19N3O/c1-3-12(7-10(2)9-17)16-13-11(8-14)5-4-6-15-13/h4-6,10,12,17H,3,7,9H2,1-2H3,(H,15,16). The predicted molar refractivity (Wildman–Crippen MR) is 67.5 cm³/mol. The van der Waals surface area contributed by atoms with Crippen LogP contribution in [0.4, 0.5) is 5.82 Å². The van der Waals surface area contributed by atoms with Crippen LogP contribution in [-0.4, -0.2) is 22.7 Å². The normalized spacial score (nSPS) is 13.8. The molecule has 4 nitrogen and oxygen atoms in total. The summed E-state index contributed by atoms with van der Waals surface area (Å²) in [5.41, 5.74) is 0.558. The van der Waals surface area contributed by atoms with E-state index in [1.54, 1.807) is 18.3 Å². The monoisotopic (exact) mass is 233 g/mol. The van der Waals surface area contributed by atoms with Gasteiger partial charge >= 0.3 is 0 Å². The number of hydrogen-bond acceptors (Lipinski definition) is 4. The number of hydrogen-bond donors (Lipinski definition) is 2. The van der Waals surface area contributed by atoms with E-state index in [4.69, 9.17) is 10.4 Å². The molecule has 0 bridgehead atoms. The van der Waals surface area contributed by atoms with Crippen LogP contribution < -0.4 is 5.32 Å². The zero-order valence-corrected chi connectivity index (χ0v) is 10.3. The van der Waals surface area contributed by atoms with Crippen molar-refractivity contribution in [2.75, 3.05) is 11.9 Å². The van der Waals surface area contributed by atoms with Gasteiger partial charge in [-0.25, -0.2) is 4.98 Å². The first-order chi connectivity index (χ1) is 8.21. The number of nitrogens with one attached hydrogen (secondary N) is 1. The van der Waals surface area contributed by atoms with Crippen LogP contribution in [-0.2, 0) is 0 Å². The smallest absolute Gasteiger partial charge is 0.144 e. The molecule has 1 aromatic rings. The Labute approximate surface area is 102 Å². The van der Waals surface area contributed by atoms with E-state index in [-0.39, 0.29) is 18.6 Å². The van der Waals surface area contributed by atoms with Crippen LogP contribution in [0.25, 0.3) is 0 Å². The van der Waals surface area contributed by atoms with E-state index in [1.807, 2.05) is 6.92 Å². The molecule has 4 heteroatoms. The van der Waals surface area contributed by atoms with Crippen LogP contribution in [0.1, 0.15) is 32.3 Å². The molecule has 0 fully saturated rings. The average molecular weight is 233 g/mol. The Bertz CT molecular complexity index is 386. The molecule has 0 radical (unpaired) electrons. The summed E-state index contributed by atoms with van der Waals surface area (Å²) < 4.78 is 0. The van der Waals surface area contributed by atoms with Crippen LogP contribution in [0.5, 0.6) is 0 Å².